The van der Waals surface area contributed by atoms with Crippen molar-refractivity contribution in [1.29, 1.82) is 0 Å². The van der Waals surface area contributed by atoms with Crippen molar-refractivity contribution in [3.05, 3.63) is 12.1 Å². The lowest BCUT2D eigenvalue weighted by Crippen LogP contribution is -2.27. The lowest BCUT2D eigenvalue weighted by atomic mass is 9.90. The van der Waals surface area contributed by atoms with E-state index in [2.05, 4.69) is 6.92 Å². The molecule has 2 N–H and O–H groups in total. The first kappa shape index (κ1) is 15.7. The van der Waals surface area contributed by atoms with Gasteiger partial charge in [0.25, 0.3) is 0 Å². The molecular weight excluding hydrogens is 231 g/mol. The van der Waals surface area contributed by atoms with Gasteiger partial charge in [0.15, 0.2) is 6.29 Å². The summed E-state index contributed by atoms with van der Waals surface area (Å²) in [5.41, 5.74) is 0. The Morgan fingerprint density at radius 1 is 1.39 bits per heavy atom. The third-order valence-corrected chi connectivity index (χ3v) is 3.05. The van der Waals surface area contributed by atoms with E-state index in [0.717, 1.165) is 38.7 Å². The van der Waals surface area contributed by atoms with E-state index in [9.17, 15) is 0 Å². The predicted octanol–water partition coefficient (Wildman–Crippen LogP) is 2.05. The van der Waals surface area contributed by atoms with Crippen LogP contribution < -0.4 is 0 Å². The lowest BCUT2D eigenvalue weighted by Gasteiger charge is -2.26. The first-order valence-electron chi connectivity index (χ1n) is 7.04. The summed E-state index contributed by atoms with van der Waals surface area (Å²) in [6.45, 7) is 2.92. The monoisotopic (exact) mass is 256 g/mol. The molecule has 0 radical (unpaired) electrons. The van der Waals surface area contributed by atoms with Crippen molar-refractivity contribution in [2.45, 2.75) is 64.3 Å². The Hall–Kier alpha value is -0.355. The van der Waals surface area contributed by atoms with E-state index in [1.54, 1.807) is 6.08 Å². The minimum absolute atomic E-state index is 0.0820. The number of hydrogen-bond acceptors (Lipinski definition) is 4. The number of unbranched alkanes of at least 4 members (excludes halogenated alkanes) is 2. The molecule has 1 aliphatic heterocycles. The molecule has 0 aromatic carbocycles. The zero-order chi connectivity index (χ0) is 13.2. The molecule has 2 atom stereocenters. The molecule has 1 aliphatic rings. The molecule has 2 unspecified atom stereocenters. The quantitative estimate of drug-likeness (QED) is 0.515. The third kappa shape index (κ3) is 7.16. The molecular formula is C13H25BO4. The van der Waals surface area contributed by atoms with E-state index in [0.29, 0.717) is 0 Å². The minimum atomic E-state index is -1.41. The normalized spacial score (nSPS) is 22.3. The summed E-state index contributed by atoms with van der Waals surface area (Å²) in [6.07, 6.45) is 9.01. The van der Waals surface area contributed by atoms with Crippen LogP contribution in [0.2, 0.25) is 0 Å². The molecule has 0 aliphatic carbocycles. The average molecular weight is 256 g/mol. The van der Waals surface area contributed by atoms with Gasteiger partial charge >= 0.3 is 7.12 Å². The van der Waals surface area contributed by atoms with Crippen molar-refractivity contribution in [1.82, 2.24) is 0 Å². The summed E-state index contributed by atoms with van der Waals surface area (Å²) in [5, 5.41) is 17.7. The number of hydrogen-bond donors (Lipinski definition) is 2. The SMILES string of the molecule is CCCCCC(C=CB(O)O)OC1CCCCO1. The Balaban J connectivity index is 2.36. The summed E-state index contributed by atoms with van der Waals surface area (Å²) >= 11 is 0. The molecule has 0 bridgehead atoms. The molecule has 104 valence electrons. The van der Waals surface area contributed by atoms with Crippen LogP contribution in [-0.2, 0) is 9.47 Å². The highest BCUT2D eigenvalue weighted by molar-refractivity contribution is 6.47. The van der Waals surface area contributed by atoms with E-state index < -0.39 is 7.12 Å². The largest absolute Gasteiger partial charge is 0.480 e. The van der Waals surface area contributed by atoms with Crippen molar-refractivity contribution >= 4 is 7.12 Å². The Morgan fingerprint density at radius 3 is 2.83 bits per heavy atom. The topological polar surface area (TPSA) is 58.9 Å². The molecule has 1 rings (SSSR count). The molecule has 18 heavy (non-hydrogen) atoms. The second-order valence-corrected chi connectivity index (χ2v) is 4.76. The van der Waals surface area contributed by atoms with E-state index in [-0.39, 0.29) is 12.4 Å². The third-order valence-electron chi connectivity index (χ3n) is 3.05. The van der Waals surface area contributed by atoms with Gasteiger partial charge in [0.05, 0.1) is 6.10 Å². The van der Waals surface area contributed by atoms with Gasteiger partial charge in [-0.15, -0.1) is 0 Å². The fraction of sp³-hybridized carbons (Fsp3) is 0.846. The smallest absolute Gasteiger partial charge is 0.424 e. The van der Waals surface area contributed by atoms with Gasteiger partial charge in [-0.05, 0) is 25.7 Å². The van der Waals surface area contributed by atoms with Crippen molar-refractivity contribution in [2.75, 3.05) is 6.61 Å². The highest BCUT2D eigenvalue weighted by atomic mass is 16.7. The van der Waals surface area contributed by atoms with E-state index >= 15 is 0 Å². The lowest BCUT2D eigenvalue weighted by molar-refractivity contribution is -0.179. The van der Waals surface area contributed by atoms with Gasteiger partial charge in [0.1, 0.15) is 0 Å². The number of ether oxygens (including phenoxy) is 2. The summed E-state index contributed by atoms with van der Waals surface area (Å²) in [4.78, 5) is 0. The molecule has 0 aromatic heterocycles. The molecule has 1 saturated heterocycles. The highest BCUT2D eigenvalue weighted by Gasteiger charge is 2.18. The van der Waals surface area contributed by atoms with Gasteiger partial charge in [0, 0.05) is 6.61 Å². The van der Waals surface area contributed by atoms with Crippen LogP contribution in [0.3, 0.4) is 0 Å². The second-order valence-electron chi connectivity index (χ2n) is 4.76. The molecule has 1 heterocycles. The summed E-state index contributed by atoms with van der Waals surface area (Å²) in [7, 11) is -1.41. The Morgan fingerprint density at radius 2 is 2.22 bits per heavy atom. The van der Waals surface area contributed by atoms with Crippen LogP contribution in [0.25, 0.3) is 0 Å². The van der Waals surface area contributed by atoms with Gasteiger partial charge in [-0.1, -0.05) is 38.2 Å². The Kier molecular flexibility index (Phi) is 8.34. The zero-order valence-electron chi connectivity index (χ0n) is 11.3. The summed E-state index contributed by atoms with van der Waals surface area (Å²) < 4.78 is 11.4. The van der Waals surface area contributed by atoms with Crippen molar-refractivity contribution in [2.24, 2.45) is 0 Å². The van der Waals surface area contributed by atoms with Gasteiger partial charge in [0.2, 0.25) is 0 Å². The van der Waals surface area contributed by atoms with Crippen LogP contribution in [0.5, 0.6) is 0 Å². The van der Waals surface area contributed by atoms with Gasteiger partial charge in [-0.3, -0.25) is 0 Å². The standard InChI is InChI=1S/C13H25BO4/c1-2-3-4-7-12(9-10-14(15)16)18-13-8-5-6-11-17-13/h9-10,12-13,15-16H,2-8,11H2,1H3. The van der Waals surface area contributed by atoms with Crippen LogP contribution in [0.1, 0.15) is 51.9 Å². The van der Waals surface area contributed by atoms with Crippen LogP contribution in [-0.4, -0.2) is 36.2 Å². The molecule has 0 saturated carbocycles. The average Bonchev–Trinajstić information content (AvgIpc) is 2.37. The zero-order valence-corrected chi connectivity index (χ0v) is 11.3. The Labute approximate surface area is 110 Å². The molecule has 1 fully saturated rings. The molecule has 0 amide bonds. The Bertz CT molecular complexity index is 227. The van der Waals surface area contributed by atoms with Crippen LogP contribution in [0.4, 0.5) is 0 Å². The summed E-state index contributed by atoms with van der Waals surface area (Å²) in [6, 6.07) is 0. The van der Waals surface area contributed by atoms with Crippen molar-refractivity contribution in [3.63, 3.8) is 0 Å². The second kappa shape index (κ2) is 9.56. The van der Waals surface area contributed by atoms with E-state index in [4.69, 9.17) is 19.5 Å². The summed E-state index contributed by atoms with van der Waals surface area (Å²) in [5.74, 6) is 1.36. The highest BCUT2D eigenvalue weighted by Crippen LogP contribution is 2.18. The molecule has 0 spiro atoms. The fourth-order valence-corrected chi connectivity index (χ4v) is 2.04. The molecule has 4 nitrogen and oxygen atoms in total. The molecule has 5 heteroatoms. The fourth-order valence-electron chi connectivity index (χ4n) is 2.04. The minimum Gasteiger partial charge on any atom is -0.424 e. The van der Waals surface area contributed by atoms with Gasteiger partial charge in [-0.2, -0.15) is 0 Å². The maximum atomic E-state index is 8.86. The van der Waals surface area contributed by atoms with Crippen molar-refractivity contribution < 1.29 is 19.5 Å². The van der Waals surface area contributed by atoms with E-state index in [1.807, 2.05) is 0 Å². The van der Waals surface area contributed by atoms with Crippen LogP contribution in [0.15, 0.2) is 12.1 Å². The maximum Gasteiger partial charge on any atom is 0.480 e. The van der Waals surface area contributed by atoms with Gasteiger partial charge < -0.3 is 19.5 Å². The van der Waals surface area contributed by atoms with Crippen molar-refractivity contribution in [3.8, 4) is 0 Å². The van der Waals surface area contributed by atoms with Crippen LogP contribution >= 0.6 is 0 Å². The first-order chi connectivity index (χ1) is 8.72. The number of rotatable bonds is 8. The van der Waals surface area contributed by atoms with Gasteiger partial charge in [-0.25, -0.2) is 0 Å². The van der Waals surface area contributed by atoms with Crippen LogP contribution in [0, 0.1) is 0 Å². The molecule has 0 aromatic rings. The maximum absolute atomic E-state index is 8.86. The van der Waals surface area contributed by atoms with E-state index in [1.165, 1.54) is 18.8 Å². The first-order valence-corrected chi connectivity index (χ1v) is 7.04. The predicted molar refractivity (Wildman–Crippen MR) is 71.9 cm³/mol.